The van der Waals surface area contributed by atoms with Crippen LogP contribution in [-0.4, -0.2) is 22.1 Å². The molecule has 0 aliphatic heterocycles. The zero-order valence-electron chi connectivity index (χ0n) is 8.38. The van der Waals surface area contributed by atoms with E-state index < -0.39 is 4.92 Å². The summed E-state index contributed by atoms with van der Waals surface area (Å²) >= 11 is 0. The van der Waals surface area contributed by atoms with E-state index in [9.17, 15) is 10.1 Å². The summed E-state index contributed by atoms with van der Waals surface area (Å²) in [6.07, 6.45) is 0. The monoisotopic (exact) mass is 220 g/mol. The molecule has 0 radical (unpaired) electrons. The van der Waals surface area contributed by atoms with E-state index in [1.54, 1.807) is 19.2 Å². The highest BCUT2D eigenvalue weighted by molar-refractivity contribution is 5.57. The largest absolute Gasteiger partial charge is 0.341 e. The normalized spacial score (nSPS) is 10.1. The van der Waals surface area contributed by atoms with Crippen molar-refractivity contribution in [1.29, 1.82) is 0 Å². The van der Waals surface area contributed by atoms with Crippen LogP contribution in [-0.2, 0) is 0 Å². The van der Waals surface area contributed by atoms with Gasteiger partial charge in [0, 0.05) is 24.7 Å². The number of non-ortho nitro benzene ring substituents is 1. The van der Waals surface area contributed by atoms with Crippen LogP contribution in [0.25, 0.3) is 11.4 Å². The van der Waals surface area contributed by atoms with Gasteiger partial charge in [-0.25, -0.2) is 0 Å². The van der Waals surface area contributed by atoms with Crippen LogP contribution in [0, 0.1) is 10.1 Å². The van der Waals surface area contributed by atoms with Crippen molar-refractivity contribution in [3.8, 4) is 11.4 Å². The van der Waals surface area contributed by atoms with Crippen molar-refractivity contribution in [3.05, 3.63) is 34.4 Å². The Bertz CT molecular complexity index is 506. The highest BCUT2D eigenvalue weighted by Gasteiger charge is 2.09. The van der Waals surface area contributed by atoms with Crippen molar-refractivity contribution in [2.45, 2.75) is 0 Å². The molecular weight excluding hydrogens is 212 g/mol. The third kappa shape index (κ3) is 1.83. The van der Waals surface area contributed by atoms with Gasteiger partial charge in [-0.2, -0.15) is 4.98 Å². The maximum atomic E-state index is 10.4. The SMILES string of the molecule is CNc1nc(-c2ccc([N+](=O)[O-])cc2)no1. The first-order chi connectivity index (χ1) is 7.70. The number of nitro benzene ring substituents is 1. The van der Waals surface area contributed by atoms with E-state index in [1.807, 2.05) is 0 Å². The molecule has 82 valence electrons. The Morgan fingerprint density at radius 1 is 1.38 bits per heavy atom. The molecule has 0 aliphatic rings. The van der Waals surface area contributed by atoms with E-state index >= 15 is 0 Å². The molecular formula is C9H8N4O3. The Morgan fingerprint density at radius 2 is 2.06 bits per heavy atom. The van der Waals surface area contributed by atoms with Crippen molar-refractivity contribution in [2.24, 2.45) is 0 Å². The first-order valence-electron chi connectivity index (χ1n) is 4.47. The molecule has 1 heterocycles. The molecule has 2 rings (SSSR count). The van der Waals surface area contributed by atoms with Gasteiger partial charge in [0.15, 0.2) is 0 Å². The van der Waals surface area contributed by atoms with Gasteiger partial charge < -0.3 is 9.84 Å². The zero-order valence-corrected chi connectivity index (χ0v) is 8.38. The number of hydrogen-bond acceptors (Lipinski definition) is 6. The van der Waals surface area contributed by atoms with Crippen LogP contribution < -0.4 is 5.32 Å². The van der Waals surface area contributed by atoms with Crippen LogP contribution in [0.5, 0.6) is 0 Å². The Balaban J connectivity index is 2.30. The molecule has 0 saturated carbocycles. The third-order valence-corrected chi connectivity index (χ3v) is 1.98. The van der Waals surface area contributed by atoms with Crippen molar-refractivity contribution in [1.82, 2.24) is 10.1 Å². The second-order valence-electron chi connectivity index (χ2n) is 2.98. The minimum Gasteiger partial charge on any atom is -0.341 e. The van der Waals surface area contributed by atoms with Crippen molar-refractivity contribution < 1.29 is 9.45 Å². The maximum Gasteiger partial charge on any atom is 0.321 e. The molecule has 0 atom stereocenters. The Hall–Kier alpha value is -2.44. The fourth-order valence-electron chi connectivity index (χ4n) is 1.17. The average molecular weight is 220 g/mol. The minimum absolute atomic E-state index is 0.0288. The summed E-state index contributed by atoms with van der Waals surface area (Å²) in [5.74, 6) is 0.388. The molecule has 1 aromatic carbocycles. The highest BCUT2D eigenvalue weighted by Crippen LogP contribution is 2.20. The molecule has 0 unspecified atom stereocenters. The summed E-state index contributed by atoms with van der Waals surface area (Å²) in [4.78, 5) is 14.0. The van der Waals surface area contributed by atoms with E-state index in [2.05, 4.69) is 15.5 Å². The first-order valence-corrected chi connectivity index (χ1v) is 4.47. The fourth-order valence-corrected chi connectivity index (χ4v) is 1.17. The lowest BCUT2D eigenvalue weighted by atomic mass is 10.2. The number of nitro groups is 1. The van der Waals surface area contributed by atoms with Crippen LogP contribution in [0.15, 0.2) is 28.8 Å². The Kier molecular flexibility index (Phi) is 2.50. The second kappa shape index (κ2) is 3.97. The standard InChI is InChI=1S/C9H8N4O3/c1-10-9-11-8(12-16-9)6-2-4-7(5-3-6)13(14)15/h2-5H,1H3,(H,10,11,12). The second-order valence-corrected chi connectivity index (χ2v) is 2.98. The van der Waals surface area contributed by atoms with Crippen LogP contribution in [0.3, 0.4) is 0 Å². The van der Waals surface area contributed by atoms with Crippen LogP contribution in [0.2, 0.25) is 0 Å². The van der Waals surface area contributed by atoms with Crippen molar-refractivity contribution in [2.75, 3.05) is 12.4 Å². The van der Waals surface area contributed by atoms with Gasteiger partial charge in [-0.15, -0.1) is 0 Å². The van der Waals surface area contributed by atoms with E-state index in [0.29, 0.717) is 17.4 Å². The predicted molar refractivity (Wildman–Crippen MR) is 55.9 cm³/mol. The first kappa shape index (κ1) is 10.1. The van der Waals surface area contributed by atoms with Gasteiger partial charge >= 0.3 is 6.01 Å². The lowest BCUT2D eigenvalue weighted by Crippen LogP contribution is -1.88. The van der Waals surface area contributed by atoms with Crippen LogP contribution in [0.4, 0.5) is 11.7 Å². The summed E-state index contributed by atoms with van der Waals surface area (Å²) < 4.78 is 4.84. The van der Waals surface area contributed by atoms with Gasteiger partial charge in [0.1, 0.15) is 0 Å². The summed E-state index contributed by atoms with van der Waals surface area (Å²) in [5, 5.41) is 16.9. The molecule has 0 spiro atoms. The fraction of sp³-hybridized carbons (Fsp3) is 0.111. The molecule has 7 nitrogen and oxygen atoms in total. The number of nitrogens with zero attached hydrogens (tertiary/aromatic N) is 3. The number of hydrogen-bond donors (Lipinski definition) is 1. The smallest absolute Gasteiger partial charge is 0.321 e. The quantitative estimate of drug-likeness (QED) is 0.624. The molecule has 7 heteroatoms. The lowest BCUT2D eigenvalue weighted by Gasteiger charge is -1.93. The third-order valence-electron chi connectivity index (χ3n) is 1.98. The van der Waals surface area contributed by atoms with Gasteiger partial charge in [0.2, 0.25) is 5.82 Å². The highest BCUT2D eigenvalue weighted by atomic mass is 16.6. The molecule has 0 saturated heterocycles. The Labute approximate surface area is 90.2 Å². The molecule has 1 aromatic heterocycles. The van der Waals surface area contributed by atoms with Crippen molar-refractivity contribution in [3.63, 3.8) is 0 Å². The van der Waals surface area contributed by atoms with Gasteiger partial charge in [0.05, 0.1) is 4.92 Å². The molecule has 0 bridgehead atoms. The summed E-state index contributed by atoms with van der Waals surface area (Å²) in [5.41, 5.74) is 0.692. The van der Waals surface area contributed by atoms with Crippen LogP contribution in [0.1, 0.15) is 0 Å². The number of nitrogens with one attached hydrogen (secondary N) is 1. The van der Waals surface area contributed by atoms with Crippen LogP contribution >= 0.6 is 0 Å². The number of aromatic nitrogens is 2. The number of rotatable bonds is 3. The molecule has 1 N–H and O–H groups in total. The molecule has 16 heavy (non-hydrogen) atoms. The maximum absolute atomic E-state index is 10.4. The van der Waals surface area contributed by atoms with Gasteiger partial charge in [-0.1, -0.05) is 5.16 Å². The lowest BCUT2D eigenvalue weighted by molar-refractivity contribution is -0.384. The summed E-state index contributed by atoms with van der Waals surface area (Å²) in [6.45, 7) is 0. The molecule has 0 aliphatic carbocycles. The zero-order chi connectivity index (χ0) is 11.5. The Morgan fingerprint density at radius 3 is 2.56 bits per heavy atom. The van der Waals surface area contributed by atoms with E-state index in [-0.39, 0.29) is 5.69 Å². The topological polar surface area (TPSA) is 94.1 Å². The van der Waals surface area contributed by atoms with E-state index in [4.69, 9.17) is 4.52 Å². The van der Waals surface area contributed by atoms with Gasteiger partial charge in [0.25, 0.3) is 5.69 Å². The van der Waals surface area contributed by atoms with Crippen molar-refractivity contribution >= 4 is 11.7 Å². The number of benzene rings is 1. The number of anilines is 1. The average Bonchev–Trinajstić information content (AvgIpc) is 2.77. The minimum atomic E-state index is -0.459. The summed E-state index contributed by atoms with van der Waals surface area (Å²) in [7, 11) is 1.66. The molecule has 2 aromatic rings. The molecule has 0 amide bonds. The van der Waals surface area contributed by atoms with E-state index in [0.717, 1.165) is 0 Å². The van der Waals surface area contributed by atoms with Gasteiger partial charge in [-0.05, 0) is 12.1 Å². The summed E-state index contributed by atoms with van der Waals surface area (Å²) in [6, 6.07) is 6.23. The van der Waals surface area contributed by atoms with Gasteiger partial charge in [-0.3, -0.25) is 10.1 Å². The predicted octanol–water partition coefficient (Wildman–Crippen LogP) is 1.69. The molecule has 0 fully saturated rings. The van der Waals surface area contributed by atoms with E-state index in [1.165, 1.54) is 12.1 Å².